The van der Waals surface area contributed by atoms with Crippen LogP contribution in [0.5, 0.6) is 0 Å². The van der Waals surface area contributed by atoms with Gasteiger partial charge in [-0.2, -0.15) is 0 Å². The Morgan fingerprint density at radius 3 is 0.810 bits per heavy atom. The molecule has 0 amide bonds. The Bertz CT molecular complexity index is 1730. The first-order valence-electron chi connectivity index (χ1n) is 32.3. The van der Waals surface area contributed by atoms with Crippen molar-refractivity contribution < 1.29 is 28.6 Å². The highest BCUT2D eigenvalue weighted by Crippen LogP contribution is 2.16. The molecule has 0 spiro atoms. The summed E-state index contributed by atoms with van der Waals surface area (Å²) in [5, 5.41) is 0. The Kier molecular flexibility index (Phi) is 61.9. The molecule has 0 aliphatic heterocycles. The highest BCUT2D eigenvalue weighted by molar-refractivity contribution is 5.71. The van der Waals surface area contributed by atoms with E-state index in [-0.39, 0.29) is 37.5 Å². The second-order valence-electron chi connectivity index (χ2n) is 20.9. The molecule has 0 heterocycles. The number of carbonyl (C=O) groups excluding carboxylic acids is 3. The van der Waals surface area contributed by atoms with Crippen LogP contribution < -0.4 is 0 Å². The highest BCUT2D eigenvalue weighted by Gasteiger charge is 2.19. The molecule has 0 aliphatic rings. The molecule has 0 bridgehead atoms. The van der Waals surface area contributed by atoms with Gasteiger partial charge in [0, 0.05) is 19.3 Å². The maximum atomic E-state index is 12.9. The minimum absolute atomic E-state index is 0.109. The van der Waals surface area contributed by atoms with E-state index in [2.05, 4.69) is 167 Å². The van der Waals surface area contributed by atoms with E-state index in [1.165, 1.54) is 89.9 Å². The molecule has 1 atom stereocenters. The Labute approximate surface area is 487 Å². The molecule has 0 rings (SSSR count). The van der Waals surface area contributed by atoms with Crippen LogP contribution >= 0.6 is 0 Å². The molecule has 0 N–H and O–H groups in total. The summed E-state index contributed by atoms with van der Waals surface area (Å²) in [4.78, 5) is 38.3. The van der Waals surface area contributed by atoms with Crippen LogP contribution in [0.1, 0.15) is 278 Å². The summed E-state index contributed by atoms with van der Waals surface area (Å²) >= 11 is 0. The molecular formula is C73H118O6. The Balaban J connectivity index is 4.30. The predicted molar refractivity (Wildman–Crippen MR) is 343 cm³/mol. The predicted octanol–water partition coefficient (Wildman–Crippen LogP) is 22.3. The largest absolute Gasteiger partial charge is 0.462 e. The number of rotatable bonds is 57. The van der Waals surface area contributed by atoms with Gasteiger partial charge < -0.3 is 14.2 Å². The maximum absolute atomic E-state index is 12.9. The number of esters is 3. The van der Waals surface area contributed by atoms with Gasteiger partial charge in [0.05, 0.1) is 0 Å². The second kappa shape index (κ2) is 65.8. The smallest absolute Gasteiger partial charge is 0.306 e. The van der Waals surface area contributed by atoms with Crippen molar-refractivity contribution in [3.05, 3.63) is 146 Å². The maximum Gasteiger partial charge on any atom is 0.306 e. The first kappa shape index (κ1) is 74.3. The van der Waals surface area contributed by atoms with E-state index in [0.29, 0.717) is 19.3 Å². The first-order valence-corrected chi connectivity index (χ1v) is 32.3. The summed E-state index contributed by atoms with van der Waals surface area (Å²) in [6, 6.07) is 0. The monoisotopic (exact) mass is 1090 g/mol. The number of allylic oxidation sites excluding steroid dienone is 24. The van der Waals surface area contributed by atoms with Gasteiger partial charge >= 0.3 is 17.9 Å². The molecule has 0 fully saturated rings. The van der Waals surface area contributed by atoms with Gasteiger partial charge in [-0.05, 0) is 128 Å². The van der Waals surface area contributed by atoms with Crippen molar-refractivity contribution in [3.8, 4) is 0 Å². The standard InChI is InChI=1S/C73H118O6/c1-4-7-10-13-16-19-22-25-27-29-30-31-32-33-34-35-36-37-38-39-40-41-42-44-45-48-51-54-57-60-63-66-72(75)78-69-70(68-77-71(74)65-62-59-56-53-50-47-24-21-18-15-12-9-6-3)79-73(76)67-64-61-58-55-52-49-46-43-28-26-23-20-17-14-11-8-5-2/h7-8,10-12,15-17,19-21,24-28,30-31,33-34,46,49,55,58,70H,4-6,9,13-14,18,22-23,29,32,35-45,47-48,50-54,56-57,59-69H2,1-3H3/b10-7-,11-8-,15-12-,19-16-,20-17-,24-21-,27-25-,28-26-,31-30-,34-33-,49-46-,58-55-. The first-order chi connectivity index (χ1) is 39.0. The van der Waals surface area contributed by atoms with Crippen molar-refractivity contribution in [2.45, 2.75) is 284 Å². The minimum atomic E-state index is -0.819. The highest BCUT2D eigenvalue weighted by atomic mass is 16.6. The van der Waals surface area contributed by atoms with Crippen LogP contribution in [-0.2, 0) is 28.6 Å². The van der Waals surface area contributed by atoms with Crippen LogP contribution in [0.3, 0.4) is 0 Å². The van der Waals surface area contributed by atoms with E-state index in [9.17, 15) is 14.4 Å². The van der Waals surface area contributed by atoms with Crippen molar-refractivity contribution >= 4 is 17.9 Å². The van der Waals surface area contributed by atoms with Crippen molar-refractivity contribution in [1.29, 1.82) is 0 Å². The summed E-state index contributed by atoms with van der Waals surface area (Å²) in [6.07, 6.45) is 94.4. The fraction of sp³-hybridized carbons (Fsp3) is 0.630. The van der Waals surface area contributed by atoms with E-state index in [1.54, 1.807) is 0 Å². The van der Waals surface area contributed by atoms with Crippen molar-refractivity contribution in [1.82, 2.24) is 0 Å². The molecule has 0 saturated carbocycles. The molecule has 6 heteroatoms. The SMILES string of the molecule is CC/C=C\C/C=C\C/C=C\C/C=C\C/C=C\CCCCCCCCCCCCCCCCCC(=O)OCC(COC(=O)CCCCCCC/C=C\C/C=C\CCC)OC(=O)CCC/C=C\C/C=C\C/C=C\C/C=C\C/C=C\CC. The molecule has 0 aliphatic carbocycles. The fourth-order valence-corrected chi connectivity index (χ4v) is 8.54. The number of hydrogen-bond donors (Lipinski definition) is 0. The Hall–Kier alpha value is -4.71. The van der Waals surface area contributed by atoms with Crippen molar-refractivity contribution in [3.63, 3.8) is 0 Å². The molecule has 0 aromatic rings. The molecule has 0 aromatic carbocycles. The van der Waals surface area contributed by atoms with Crippen LogP contribution in [0.4, 0.5) is 0 Å². The minimum Gasteiger partial charge on any atom is -0.462 e. The van der Waals surface area contributed by atoms with Crippen molar-refractivity contribution in [2.24, 2.45) is 0 Å². The topological polar surface area (TPSA) is 78.9 Å². The van der Waals surface area contributed by atoms with Crippen molar-refractivity contribution in [2.75, 3.05) is 13.2 Å². The lowest BCUT2D eigenvalue weighted by atomic mass is 10.0. The summed E-state index contributed by atoms with van der Waals surface area (Å²) < 4.78 is 16.8. The molecule has 1 unspecified atom stereocenters. The summed E-state index contributed by atoms with van der Waals surface area (Å²) in [6.45, 7) is 6.29. The zero-order valence-electron chi connectivity index (χ0n) is 51.1. The van der Waals surface area contributed by atoms with Gasteiger partial charge in [0.15, 0.2) is 6.10 Å². The summed E-state index contributed by atoms with van der Waals surface area (Å²) in [7, 11) is 0. The molecule has 0 saturated heterocycles. The van der Waals surface area contributed by atoms with E-state index in [0.717, 1.165) is 141 Å². The third-order valence-electron chi connectivity index (χ3n) is 13.3. The zero-order chi connectivity index (χ0) is 57.1. The lowest BCUT2D eigenvalue weighted by molar-refractivity contribution is -0.167. The Morgan fingerprint density at radius 2 is 0.506 bits per heavy atom. The molecule has 0 radical (unpaired) electrons. The van der Waals surface area contributed by atoms with Crippen LogP contribution in [0, 0.1) is 0 Å². The third kappa shape index (κ3) is 64.0. The number of unbranched alkanes of at least 4 members (excludes halogenated alkanes) is 22. The number of hydrogen-bond acceptors (Lipinski definition) is 6. The second-order valence-corrected chi connectivity index (χ2v) is 20.9. The van der Waals surface area contributed by atoms with E-state index in [4.69, 9.17) is 14.2 Å². The lowest BCUT2D eigenvalue weighted by Crippen LogP contribution is -2.30. The third-order valence-corrected chi connectivity index (χ3v) is 13.3. The van der Waals surface area contributed by atoms with Gasteiger partial charge in [0.1, 0.15) is 13.2 Å². The zero-order valence-corrected chi connectivity index (χ0v) is 51.1. The molecule has 79 heavy (non-hydrogen) atoms. The molecule has 6 nitrogen and oxygen atoms in total. The molecular weight excluding hydrogens is 973 g/mol. The van der Waals surface area contributed by atoms with Gasteiger partial charge in [0.25, 0.3) is 0 Å². The van der Waals surface area contributed by atoms with Crippen LogP contribution in [0.2, 0.25) is 0 Å². The van der Waals surface area contributed by atoms with E-state index < -0.39 is 6.10 Å². The van der Waals surface area contributed by atoms with E-state index in [1.807, 2.05) is 0 Å². The van der Waals surface area contributed by atoms with Crippen LogP contribution in [0.15, 0.2) is 146 Å². The van der Waals surface area contributed by atoms with Gasteiger partial charge in [-0.15, -0.1) is 0 Å². The van der Waals surface area contributed by atoms with Gasteiger partial charge in [-0.3, -0.25) is 14.4 Å². The average Bonchev–Trinajstić information content (AvgIpc) is 3.45. The van der Waals surface area contributed by atoms with E-state index >= 15 is 0 Å². The van der Waals surface area contributed by atoms with Crippen LogP contribution in [-0.4, -0.2) is 37.2 Å². The summed E-state index contributed by atoms with van der Waals surface area (Å²) in [5.74, 6) is -0.982. The lowest BCUT2D eigenvalue weighted by Gasteiger charge is -2.18. The Morgan fingerprint density at radius 1 is 0.266 bits per heavy atom. The quantitative estimate of drug-likeness (QED) is 0.0261. The van der Waals surface area contributed by atoms with Gasteiger partial charge in [-0.1, -0.05) is 276 Å². The molecule has 0 aromatic heterocycles. The summed E-state index contributed by atoms with van der Waals surface area (Å²) in [5.41, 5.74) is 0. The molecule has 446 valence electrons. The fourth-order valence-electron chi connectivity index (χ4n) is 8.54. The number of carbonyl (C=O) groups is 3. The van der Waals surface area contributed by atoms with Gasteiger partial charge in [0.2, 0.25) is 0 Å². The van der Waals surface area contributed by atoms with Crippen LogP contribution in [0.25, 0.3) is 0 Å². The van der Waals surface area contributed by atoms with Gasteiger partial charge in [-0.25, -0.2) is 0 Å². The average molecular weight is 1090 g/mol. The normalized spacial score (nSPS) is 13.1. The number of ether oxygens (including phenoxy) is 3.